The van der Waals surface area contributed by atoms with Gasteiger partial charge in [0.15, 0.2) is 5.90 Å². The second-order valence-electron chi connectivity index (χ2n) is 3.80. The fourth-order valence-electron chi connectivity index (χ4n) is 1.29. The standard InChI is InChI=1S/C10H24O6P2/c1-5-6-7-8-9-16-18(12,15-4)10-17(11,13-2)14-3/h5-10H2,1-4H3. The van der Waals surface area contributed by atoms with Crippen LogP contribution in [0.1, 0.15) is 32.6 Å². The molecule has 0 aromatic carbocycles. The van der Waals surface area contributed by atoms with Crippen molar-refractivity contribution in [2.75, 3.05) is 33.8 Å². The van der Waals surface area contributed by atoms with Crippen molar-refractivity contribution < 1.29 is 27.2 Å². The zero-order chi connectivity index (χ0) is 14.1. The van der Waals surface area contributed by atoms with E-state index in [1.807, 2.05) is 0 Å². The van der Waals surface area contributed by atoms with Gasteiger partial charge in [0, 0.05) is 21.3 Å². The molecule has 0 aliphatic carbocycles. The predicted molar refractivity (Wildman–Crippen MR) is 71.2 cm³/mol. The number of hydrogen-bond donors (Lipinski definition) is 0. The van der Waals surface area contributed by atoms with E-state index in [0.717, 1.165) is 25.7 Å². The Bertz CT molecular complexity index is 299. The summed E-state index contributed by atoms with van der Waals surface area (Å²) in [5.74, 6) is -0.364. The molecular formula is C10H24O6P2. The Morgan fingerprint density at radius 3 is 1.83 bits per heavy atom. The Morgan fingerprint density at radius 1 is 0.833 bits per heavy atom. The van der Waals surface area contributed by atoms with Crippen LogP contribution >= 0.6 is 15.2 Å². The lowest BCUT2D eigenvalue weighted by Crippen LogP contribution is -2.02. The summed E-state index contributed by atoms with van der Waals surface area (Å²) in [6, 6.07) is 0. The summed E-state index contributed by atoms with van der Waals surface area (Å²) in [4.78, 5) is 0. The van der Waals surface area contributed by atoms with Gasteiger partial charge in [-0.15, -0.1) is 0 Å². The molecule has 0 amide bonds. The van der Waals surface area contributed by atoms with E-state index >= 15 is 0 Å². The lowest BCUT2D eigenvalue weighted by atomic mass is 10.2. The van der Waals surface area contributed by atoms with Gasteiger partial charge in [-0.3, -0.25) is 9.13 Å². The molecule has 1 atom stereocenters. The van der Waals surface area contributed by atoms with Crippen molar-refractivity contribution in [3.63, 3.8) is 0 Å². The molecule has 18 heavy (non-hydrogen) atoms. The van der Waals surface area contributed by atoms with Gasteiger partial charge in [-0.05, 0) is 6.42 Å². The maximum absolute atomic E-state index is 12.2. The molecule has 0 saturated heterocycles. The Hall–Kier alpha value is 0.300. The minimum Gasteiger partial charge on any atom is -0.311 e. The fraction of sp³-hybridized carbons (Fsp3) is 1.00. The Morgan fingerprint density at radius 2 is 1.39 bits per heavy atom. The molecule has 0 saturated carbocycles. The molecule has 6 nitrogen and oxygen atoms in total. The highest BCUT2D eigenvalue weighted by atomic mass is 31.2. The molecule has 0 fully saturated rings. The van der Waals surface area contributed by atoms with Gasteiger partial charge in [0.05, 0.1) is 6.61 Å². The molecule has 8 heteroatoms. The lowest BCUT2D eigenvalue weighted by molar-refractivity contribution is 0.226. The summed E-state index contributed by atoms with van der Waals surface area (Å²) < 4.78 is 43.6. The lowest BCUT2D eigenvalue weighted by Gasteiger charge is -2.20. The van der Waals surface area contributed by atoms with E-state index in [2.05, 4.69) is 6.92 Å². The highest BCUT2D eigenvalue weighted by molar-refractivity contribution is 7.71. The van der Waals surface area contributed by atoms with Gasteiger partial charge >= 0.3 is 15.2 Å². The van der Waals surface area contributed by atoms with E-state index in [-0.39, 0.29) is 5.90 Å². The van der Waals surface area contributed by atoms with E-state index in [0.29, 0.717) is 6.61 Å². The molecule has 0 aromatic heterocycles. The molecular weight excluding hydrogens is 278 g/mol. The van der Waals surface area contributed by atoms with E-state index in [9.17, 15) is 9.13 Å². The zero-order valence-electron chi connectivity index (χ0n) is 11.6. The molecule has 0 radical (unpaired) electrons. The molecule has 0 heterocycles. The predicted octanol–water partition coefficient (Wildman–Crippen LogP) is 3.87. The highest BCUT2D eigenvalue weighted by Crippen LogP contribution is 2.62. The van der Waals surface area contributed by atoms with Crippen LogP contribution in [0.3, 0.4) is 0 Å². The van der Waals surface area contributed by atoms with Crippen molar-refractivity contribution in [2.45, 2.75) is 32.6 Å². The van der Waals surface area contributed by atoms with Gasteiger partial charge < -0.3 is 18.1 Å². The molecule has 0 bridgehead atoms. The van der Waals surface area contributed by atoms with Crippen molar-refractivity contribution in [3.05, 3.63) is 0 Å². The first-order chi connectivity index (χ1) is 8.45. The third-order valence-electron chi connectivity index (χ3n) is 2.47. The van der Waals surface area contributed by atoms with E-state index in [4.69, 9.17) is 18.1 Å². The summed E-state index contributed by atoms with van der Waals surface area (Å²) in [7, 11) is -3.06. The second-order valence-corrected chi connectivity index (χ2v) is 8.73. The van der Waals surface area contributed by atoms with Gasteiger partial charge in [0.25, 0.3) is 0 Å². The topological polar surface area (TPSA) is 71.1 Å². The summed E-state index contributed by atoms with van der Waals surface area (Å²) in [5.41, 5.74) is 0. The van der Waals surface area contributed by atoms with Crippen LogP contribution in [0.25, 0.3) is 0 Å². The average molecular weight is 302 g/mol. The summed E-state index contributed by atoms with van der Waals surface area (Å²) in [6.45, 7) is 2.42. The van der Waals surface area contributed by atoms with Crippen LogP contribution in [0, 0.1) is 0 Å². The Labute approximate surface area is 109 Å². The first kappa shape index (κ1) is 18.3. The molecule has 0 spiro atoms. The molecule has 1 unspecified atom stereocenters. The Kier molecular flexibility index (Phi) is 9.40. The fourth-order valence-corrected chi connectivity index (χ4v) is 5.36. The maximum atomic E-state index is 12.2. The van der Waals surface area contributed by atoms with Gasteiger partial charge in [-0.2, -0.15) is 0 Å². The molecule has 0 rings (SSSR count). The van der Waals surface area contributed by atoms with Crippen molar-refractivity contribution in [1.29, 1.82) is 0 Å². The van der Waals surface area contributed by atoms with E-state index < -0.39 is 15.2 Å². The van der Waals surface area contributed by atoms with Crippen molar-refractivity contribution in [3.8, 4) is 0 Å². The SMILES string of the molecule is CCCCCCOP(=O)(CP(=O)(OC)OC)OC. The van der Waals surface area contributed by atoms with Crippen LogP contribution in [-0.2, 0) is 27.2 Å². The first-order valence-electron chi connectivity index (χ1n) is 5.95. The van der Waals surface area contributed by atoms with Crippen LogP contribution in [0.2, 0.25) is 0 Å². The molecule has 0 aliphatic rings. The smallest absolute Gasteiger partial charge is 0.311 e. The van der Waals surface area contributed by atoms with Crippen LogP contribution in [0.4, 0.5) is 0 Å². The average Bonchev–Trinajstić information content (AvgIpc) is 2.38. The zero-order valence-corrected chi connectivity index (χ0v) is 13.4. The summed E-state index contributed by atoms with van der Waals surface area (Å²) in [5, 5.41) is 0. The monoisotopic (exact) mass is 302 g/mol. The molecule has 0 aromatic rings. The highest BCUT2D eigenvalue weighted by Gasteiger charge is 2.36. The minimum atomic E-state index is -3.42. The first-order valence-corrected chi connectivity index (χ1v) is 9.40. The third kappa shape index (κ3) is 7.03. The van der Waals surface area contributed by atoms with Gasteiger partial charge in [0.2, 0.25) is 0 Å². The van der Waals surface area contributed by atoms with Crippen LogP contribution in [0.5, 0.6) is 0 Å². The largest absolute Gasteiger partial charge is 0.342 e. The number of unbranched alkanes of at least 4 members (excludes halogenated alkanes) is 3. The van der Waals surface area contributed by atoms with E-state index in [1.165, 1.54) is 21.3 Å². The van der Waals surface area contributed by atoms with Gasteiger partial charge in [0.1, 0.15) is 0 Å². The van der Waals surface area contributed by atoms with Crippen LogP contribution in [-0.4, -0.2) is 33.8 Å². The second kappa shape index (κ2) is 9.24. The normalized spacial score (nSPS) is 15.6. The number of rotatable bonds is 11. The third-order valence-corrected chi connectivity index (χ3v) is 7.48. The van der Waals surface area contributed by atoms with Crippen LogP contribution < -0.4 is 0 Å². The summed E-state index contributed by atoms with van der Waals surface area (Å²) >= 11 is 0. The van der Waals surface area contributed by atoms with Gasteiger partial charge in [-0.25, -0.2) is 0 Å². The minimum absolute atomic E-state index is 0.318. The van der Waals surface area contributed by atoms with Crippen molar-refractivity contribution >= 4 is 15.2 Å². The Balaban J connectivity index is 4.26. The molecule has 0 N–H and O–H groups in total. The quantitative estimate of drug-likeness (QED) is 0.426. The van der Waals surface area contributed by atoms with Crippen molar-refractivity contribution in [1.82, 2.24) is 0 Å². The maximum Gasteiger partial charge on any atom is 0.342 e. The number of hydrogen-bond acceptors (Lipinski definition) is 6. The molecule has 110 valence electrons. The van der Waals surface area contributed by atoms with Gasteiger partial charge in [-0.1, -0.05) is 26.2 Å². The van der Waals surface area contributed by atoms with Crippen LogP contribution in [0.15, 0.2) is 0 Å². The van der Waals surface area contributed by atoms with E-state index in [1.54, 1.807) is 0 Å². The molecule has 0 aliphatic heterocycles. The van der Waals surface area contributed by atoms with Crippen molar-refractivity contribution in [2.24, 2.45) is 0 Å². The summed E-state index contributed by atoms with van der Waals surface area (Å²) in [6.07, 6.45) is 4.03.